The summed E-state index contributed by atoms with van der Waals surface area (Å²) in [5, 5.41) is 31.7. The highest BCUT2D eigenvalue weighted by atomic mass is 35.5. The molecule has 4 aromatic carbocycles. The van der Waals surface area contributed by atoms with Crippen molar-refractivity contribution in [2.24, 2.45) is 0 Å². The van der Waals surface area contributed by atoms with Gasteiger partial charge >= 0.3 is 0 Å². The zero-order valence-electron chi connectivity index (χ0n) is 24.4. The van der Waals surface area contributed by atoms with Crippen LogP contribution in [0, 0.1) is 13.8 Å². The minimum Gasteiger partial charge on any atom is -0.367 e. The van der Waals surface area contributed by atoms with Crippen molar-refractivity contribution in [3.05, 3.63) is 153 Å². The molecular weight excluding hydrogens is 609 g/mol. The van der Waals surface area contributed by atoms with E-state index < -0.39 is 5.72 Å². The van der Waals surface area contributed by atoms with Crippen molar-refractivity contribution in [3.63, 3.8) is 0 Å². The average molecular weight is 637 g/mol. The van der Waals surface area contributed by atoms with Crippen LogP contribution in [0.25, 0.3) is 11.4 Å². The third-order valence-electron chi connectivity index (χ3n) is 8.14. The summed E-state index contributed by atoms with van der Waals surface area (Å²) >= 11 is 13.0. The minimum atomic E-state index is -1.66. The molecule has 1 atom stereocenters. The lowest BCUT2D eigenvalue weighted by Gasteiger charge is -2.39. The highest BCUT2D eigenvalue weighted by Crippen LogP contribution is 2.42. The van der Waals surface area contributed by atoms with Crippen molar-refractivity contribution < 1.29 is 9.90 Å². The number of carbonyl (C=O) groups is 1. The van der Waals surface area contributed by atoms with Crippen molar-refractivity contribution in [1.82, 2.24) is 34.4 Å². The topological polar surface area (TPSA) is 102 Å². The zero-order chi connectivity index (χ0) is 31.3. The largest absolute Gasteiger partial charge is 0.367 e. The van der Waals surface area contributed by atoms with Crippen LogP contribution < -0.4 is 0 Å². The summed E-state index contributed by atoms with van der Waals surface area (Å²) in [5.41, 5.74) is 1.77. The van der Waals surface area contributed by atoms with Gasteiger partial charge in [-0.3, -0.25) is 18.8 Å². The van der Waals surface area contributed by atoms with Crippen LogP contribution in [0.15, 0.2) is 97.1 Å². The molecule has 1 aliphatic heterocycles. The number of carbonyl (C=O) groups excluding carboxylic acids is 1. The number of nitrogens with zero attached hydrogens (tertiary/aromatic N) is 7. The summed E-state index contributed by atoms with van der Waals surface area (Å²) in [6.07, 6.45) is 0. The van der Waals surface area contributed by atoms with Crippen LogP contribution in [0.4, 0.5) is 0 Å². The molecule has 0 unspecified atom stereocenters. The maximum atomic E-state index is 13.8. The van der Waals surface area contributed by atoms with Crippen molar-refractivity contribution in [3.8, 4) is 11.4 Å². The van der Waals surface area contributed by atoms with Crippen molar-refractivity contribution >= 4 is 29.0 Å². The molecule has 0 saturated carbocycles. The Kier molecular flexibility index (Phi) is 7.33. The van der Waals surface area contributed by atoms with Crippen LogP contribution >= 0.6 is 23.2 Å². The van der Waals surface area contributed by atoms with Gasteiger partial charge in [0.1, 0.15) is 11.6 Å². The van der Waals surface area contributed by atoms with Gasteiger partial charge in [-0.1, -0.05) is 83.9 Å². The summed E-state index contributed by atoms with van der Waals surface area (Å²) in [6, 6.07) is 29.1. The highest BCUT2D eigenvalue weighted by molar-refractivity contribution is 6.31. The highest BCUT2D eigenvalue weighted by Gasteiger charge is 2.44. The number of aromatic nitrogens is 6. The van der Waals surface area contributed by atoms with Gasteiger partial charge in [-0.2, -0.15) is 0 Å². The first-order valence-electron chi connectivity index (χ1n) is 14.3. The van der Waals surface area contributed by atoms with Gasteiger partial charge in [-0.15, -0.1) is 20.4 Å². The third kappa shape index (κ3) is 4.94. The third-order valence-corrected chi connectivity index (χ3v) is 8.61. The maximum absolute atomic E-state index is 13.8. The molecule has 11 heteroatoms. The second kappa shape index (κ2) is 11.4. The molecule has 7 rings (SSSR count). The molecule has 3 heterocycles. The second-order valence-electron chi connectivity index (χ2n) is 10.9. The number of aryl methyl sites for hydroxylation is 2. The first-order chi connectivity index (χ1) is 21.8. The number of fused-ring (bicyclic) bond motifs is 3. The SMILES string of the molecule is Cc1nnc(CN2Cc3nnc(C)n3-c3ccc(Cl)cc3[C@]2(O)c2ccccc2)n1-c1ccc(Cl)cc1C(=O)c1ccccc1. The van der Waals surface area contributed by atoms with Crippen LogP contribution in [0.2, 0.25) is 10.0 Å². The molecule has 0 amide bonds. The van der Waals surface area contributed by atoms with Crippen molar-refractivity contribution in [2.45, 2.75) is 32.7 Å². The first kappa shape index (κ1) is 29.1. The van der Waals surface area contributed by atoms with Gasteiger partial charge in [0, 0.05) is 32.3 Å². The van der Waals surface area contributed by atoms with Gasteiger partial charge in [0.2, 0.25) is 0 Å². The first-order valence-corrected chi connectivity index (χ1v) is 15.1. The molecule has 224 valence electrons. The molecule has 0 spiro atoms. The Bertz CT molecular complexity index is 2060. The lowest BCUT2D eigenvalue weighted by atomic mass is 9.91. The van der Waals surface area contributed by atoms with E-state index in [2.05, 4.69) is 20.4 Å². The number of rotatable bonds is 6. The van der Waals surface area contributed by atoms with Gasteiger partial charge in [-0.05, 0) is 50.2 Å². The summed E-state index contributed by atoms with van der Waals surface area (Å²) < 4.78 is 3.77. The predicted molar refractivity (Wildman–Crippen MR) is 171 cm³/mol. The molecule has 0 fully saturated rings. The summed E-state index contributed by atoms with van der Waals surface area (Å²) in [6.45, 7) is 4.02. The quantitative estimate of drug-likeness (QED) is 0.217. The Labute approximate surface area is 269 Å². The summed E-state index contributed by atoms with van der Waals surface area (Å²) in [5.74, 6) is 2.19. The molecule has 2 aromatic heterocycles. The summed E-state index contributed by atoms with van der Waals surface area (Å²) in [7, 11) is 0. The lowest BCUT2D eigenvalue weighted by molar-refractivity contribution is -0.0927. The van der Waals surface area contributed by atoms with E-state index in [1.165, 1.54) is 0 Å². The number of hydrogen-bond acceptors (Lipinski definition) is 7. The molecule has 0 aliphatic carbocycles. The van der Waals surface area contributed by atoms with Crippen molar-refractivity contribution in [1.29, 1.82) is 0 Å². The second-order valence-corrected chi connectivity index (χ2v) is 11.8. The molecule has 9 nitrogen and oxygen atoms in total. The Morgan fingerprint density at radius 1 is 0.778 bits per heavy atom. The Balaban J connectivity index is 1.41. The molecule has 45 heavy (non-hydrogen) atoms. The predicted octanol–water partition coefficient (Wildman–Crippen LogP) is 6.21. The van der Waals surface area contributed by atoms with Crippen LogP contribution in [-0.4, -0.2) is 45.3 Å². The van der Waals surface area contributed by atoms with Crippen LogP contribution in [-0.2, 0) is 18.8 Å². The Morgan fingerprint density at radius 2 is 1.40 bits per heavy atom. The zero-order valence-corrected chi connectivity index (χ0v) is 25.9. The van der Waals surface area contributed by atoms with E-state index in [0.717, 1.165) is 5.69 Å². The fraction of sp³-hybridized carbons (Fsp3) is 0.147. The average Bonchev–Trinajstić information content (AvgIpc) is 3.58. The number of halogens is 2. The fourth-order valence-electron chi connectivity index (χ4n) is 6.06. The van der Waals surface area contributed by atoms with Gasteiger partial charge in [0.05, 0.1) is 24.5 Å². The van der Waals surface area contributed by atoms with E-state index in [0.29, 0.717) is 61.3 Å². The van der Waals surface area contributed by atoms with E-state index in [4.69, 9.17) is 23.2 Å². The number of aliphatic hydroxyl groups is 1. The molecule has 0 saturated heterocycles. The number of hydrogen-bond donors (Lipinski definition) is 1. The lowest BCUT2D eigenvalue weighted by Crippen LogP contribution is -2.46. The molecule has 0 bridgehead atoms. The van der Waals surface area contributed by atoms with Gasteiger partial charge in [0.25, 0.3) is 0 Å². The fourth-order valence-corrected chi connectivity index (χ4v) is 6.41. The van der Waals surface area contributed by atoms with Crippen LogP contribution in [0.5, 0.6) is 0 Å². The molecule has 1 aliphatic rings. The van der Waals surface area contributed by atoms with E-state index >= 15 is 0 Å². The smallest absolute Gasteiger partial charge is 0.195 e. The molecule has 0 radical (unpaired) electrons. The van der Waals surface area contributed by atoms with Gasteiger partial charge in [0.15, 0.2) is 23.2 Å². The van der Waals surface area contributed by atoms with E-state index in [1.54, 1.807) is 42.5 Å². The standard InChI is InChI=1S/C34H27Cl2N7O2/c1-21-37-39-31(42(21)29-15-13-25(35)17-27(29)33(44)23-9-5-3-6-10-23)19-41-20-32-40-38-22(2)43(32)30-16-14-26(36)18-28(30)34(41,45)24-11-7-4-8-12-24/h3-18,45H,19-20H2,1-2H3/t34-/m1/s1. The van der Waals surface area contributed by atoms with Gasteiger partial charge in [-0.25, -0.2) is 0 Å². The normalized spacial score (nSPS) is 16.2. The number of benzene rings is 4. The van der Waals surface area contributed by atoms with E-state index in [1.807, 2.05) is 82.5 Å². The minimum absolute atomic E-state index is 0.117. The molecular formula is C34H27Cl2N7O2. The maximum Gasteiger partial charge on any atom is 0.195 e. The van der Waals surface area contributed by atoms with Crippen molar-refractivity contribution in [2.75, 3.05) is 0 Å². The molecule has 1 N–H and O–H groups in total. The number of ketones is 1. The van der Waals surface area contributed by atoms with Gasteiger partial charge < -0.3 is 5.11 Å². The van der Waals surface area contributed by atoms with Crippen LogP contribution in [0.1, 0.15) is 50.3 Å². The van der Waals surface area contributed by atoms with E-state index in [-0.39, 0.29) is 18.9 Å². The van der Waals surface area contributed by atoms with Crippen LogP contribution in [0.3, 0.4) is 0 Å². The Hall–Kier alpha value is -4.67. The van der Waals surface area contributed by atoms with E-state index in [9.17, 15) is 9.90 Å². The molecule has 6 aromatic rings. The Morgan fingerprint density at radius 3 is 2.13 bits per heavy atom. The summed E-state index contributed by atoms with van der Waals surface area (Å²) in [4.78, 5) is 15.6. The monoisotopic (exact) mass is 635 g/mol.